The van der Waals surface area contributed by atoms with E-state index in [0.717, 1.165) is 5.39 Å². The standard InChI is InChI=1S/C12H13N3O3/c1-8(13)7-18-12-11-6-10(15(16)17)3-2-9(11)4-5-14-12/h2-6,8H,7,13H2,1H3/t8-/m1/s1. The van der Waals surface area contributed by atoms with E-state index in [-0.39, 0.29) is 11.7 Å². The van der Waals surface area contributed by atoms with Crippen molar-refractivity contribution in [2.24, 2.45) is 5.73 Å². The predicted octanol–water partition coefficient (Wildman–Crippen LogP) is 1.87. The summed E-state index contributed by atoms with van der Waals surface area (Å²) in [5, 5.41) is 12.2. The molecule has 94 valence electrons. The van der Waals surface area contributed by atoms with Gasteiger partial charge < -0.3 is 10.5 Å². The lowest BCUT2D eigenvalue weighted by molar-refractivity contribution is -0.384. The molecule has 0 aliphatic rings. The number of rotatable bonds is 4. The lowest BCUT2D eigenvalue weighted by Gasteiger charge is -2.09. The Kier molecular flexibility index (Phi) is 3.38. The van der Waals surface area contributed by atoms with E-state index < -0.39 is 4.92 Å². The summed E-state index contributed by atoms with van der Waals surface area (Å²) in [6.45, 7) is 2.13. The molecule has 0 amide bonds. The van der Waals surface area contributed by atoms with Crippen LogP contribution in [0.5, 0.6) is 5.88 Å². The molecule has 0 bridgehead atoms. The summed E-state index contributed by atoms with van der Waals surface area (Å²) >= 11 is 0. The molecule has 0 unspecified atom stereocenters. The molecule has 0 spiro atoms. The number of hydrogen-bond donors (Lipinski definition) is 1. The first kappa shape index (κ1) is 12.3. The first-order chi connectivity index (χ1) is 8.58. The number of hydrogen-bond acceptors (Lipinski definition) is 5. The number of aromatic nitrogens is 1. The van der Waals surface area contributed by atoms with E-state index in [4.69, 9.17) is 10.5 Å². The fraction of sp³-hybridized carbons (Fsp3) is 0.250. The van der Waals surface area contributed by atoms with Crippen LogP contribution in [0.4, 0.5) is 5.69 Å². The molecule has 0 saturated heterocycles. The summed E-state index contributed by atoms with van der Waals surface area (Å²) in [6, 6.07) is 6.24. The van der Waals surface area contributed by atoms with Gasteiger partial charge in [-0.25, -0.2) is 4.98 Å². The molecule has 2 aromatic rings. The Morgan fingerprint density at radius 1 is 1.50 bits per heavy atom. The molecule has 1 atom stereocenters. The average Bonchev–Trinajstić information content (AvgIpc) is 2.35. The second-order valence-corrected chi connectivity index (χ2v) is 4.07. The zero-order valence-corrected chi connectivity index (χ0v) is 9.87. The van der Waals surface area contributed by atoms with Crippen LogP contribution in [0.25, 0.3) is 10.8 Å². The number of pyridine rings is 1. The van der Waals surface area contributed by atoms with Gasteiger partial charge in [0.2, 0.25) is 5.88 Å². The number of ether oxygens (including phenoxy) is 1. The minimum absolute atomic E-state index is 0.0150. The first-order valence-electron chi connectivity index (χ1n) is 5.49. The number of nitro benzene ring substituents is 1. The molecule has 0 saturated carbocycles. The van der Waals surface area contributed by atoms with Gasteiger partial charge in [-0.05, 0) is 24.4 Å². The highest BCUT2D eigenvalue weighted by atomic mass is 16.6. The van der Waals surface area contributed by atoms with Crippen LogP contribution in [-0.2, 0) is 0 Å². The van der Waals surface area contributed by atoms with Crippen LogP contribution in [0.3, 0.4) is 0 Å². The maximum atomic E-state index is 10.7. The van der Waals surface area contributed by atoms with Gasteiger partial charge in [-0.15, -0.1) is 0 Å². The van der Waals surface area contributed by atoms with Crippen molar-refractivity contribution in [3.63, 3.8) is 0 Å². The molecule has 2 N–H and O–H groups in total. The van der Waals surface area contributed by atoms with Crippen molar-refractivity contribution in [1.82, 2.24) is 4.98 Å². The minimum Gasteiger partial charge on any atom is -0.476 e. The molecule has 18 heavy (non-hydrogen) atoms. The number of benzene rings is 1. The maximum absolute atomic E-state index is 10.7. The Labute approximate surface area is 104 Å². The molecule has 0 aliphatic heterocycles. The minimum atomic E-state index is -0.443. The van der Waals surface area contributed by atoms with Crippen molar-refractivity contribution in [3.8, 4) is 5.88 Å². The molecule has 0 radical (unpaired) electrons. The normalized spacial score (nSPS) is 12.3. The Bertz CT molecular complexity index is 584. The van der Waals surface area contributed by atoms with E-state index in [1.165, 1.54) is 12.1 Å². The van der Waals surface area contributed by atoms with E-state index >= 15 is 0 Å². The molecule has 2 rings (SSSR count). The number of nitrogens with zero attached hydrogens (tertiary/aromatic N) is 2. The van der Waals surface area contributed by atoms with Crippen molar-refractivity contribution in [3.05, 3.63) is 40.6 Å². The molecular weight excluding hydrogens is 234 g/mol. The van der Waals surface area contributed by atoms with Crippen molar-refractivity contribution in [1.29, 1.82) is 0 Å². The van der Waals surface area contributed by atoms with Gasteiger partial charge in [0, 0.05) is 24.4 Å². The second-order valence-electron chi connectivity index (χ2n) is 4.07. The lowest BCUT2D eigenvalue weighted by atomic mass is 10.1. The number of non-ortho nitro benzene ring substituents is 1. The van der Waals surface area contributed by atoms with Crippen LogP contribution in [0, 0.1) is 10.1 Å². The smallest absolute Gasteiger partial charge is 0.270 e. The topological polar surface area (TPSA) is 91.3 Å². The Hall–Kier alpha value is -2.21. The maximum Gasteiger partial charge on any atom is 0.270 e. The largest absolute Gasteiger partial charge is 0.476 e. The van der Waals surface area contributed by atoms with Crippen molar-refractivity contribution >= 4 is 16.5 Å². The summed E-state index contributed by atoms with van der Waals surface area (Å²) in [4.78, 5) is 14.4. The van der Waals surface area contributed by atoms with Crippen LogP contribution in [0.15, 0.2) is 30.5 Å². The molecule has 6 nitrogen and oxygen atoms in total. The summed E-state index contributed by atoms with van der Waals surface area (Å²) < 4.78 is 5.46. The van der Waals surface area contributed by atoms with Crippen LogP contribution < -0.4 is 10.5 Å². The average molecular weight is 247 g/mol. The fourth-order valence-corrected chi connectivity index (χ4v) is 1.57. The van der Waals surface area contributed by atoms with Crippen LogP contribution >= 0.6 is 0 Å². The highest BCUT2D eigenvalue weighted by molar-refractivity contribution is 5.88. The van der Waals surface area contributed by atoms with Gasteiger partial charge in [0.1, 0.15) is 6.61 Å². The Balaban J connectivity index is 2.45. The third kappa shape index (κ3) is 2.54. The zero-order chi connectivity index (χ0) is 13.1. The monoisotopic (exact) mass is 247 g/mol. The van der Waals surface area contributed by atoms with Crippen molar-refractivity contribution in [2.75, 3.05) is 6.61 Å². The van der Waals surface area contributed by atoms with Gasteiger partial charge in [0.15, 0.2) is 0 Å². The number of nitro groups is 1. The van der Waals surface area contributed by atoms with Gasteiger partial charge in [0.25, 0.3) is 5.69 Å². The summed E-state index contributed by atoms with van der Waals surface area (Å²) in [7, 11) is 0. The zero-order valence-electron chi connectivity index (χ0n) is 9.87. The van der Waals surface area contributed by atoms with E-state index in [2.05, 4.69) is 4.98 Å². The van der Waals surface area contributed by atoms with Gasteiger partial charge in [-0.1, -0.05) is 0 Å². The van der Waals surface area contributed by atoms with E-state index in [9.17, 15) is 10.1 Å². The molecule has 0 aliphatic carbocycles. The molecular formula is C12H13N3O3. The van der Waals surface area contributed by atoms with Gasteiger partial charge in [-0.3, -0.25) is 10.1 Å². The van der Waals surface area contributed by atoms with Gasteiger partial charge in [0.05, 0.1) is 10.3 Å². The quantitative estimate of drug-likeness (QED) is 0.657. The lowest BCUT2D eigenvalue weighted by Crippen LogP contribution is -2.23. The van der Waals surface area contributed by atoms with E-state index in [1.807, 2.05) is 6.92 Å². The van der Waals surface area contributed by atoms with E-state index in [0.29, 0.717) is 17.9 Å². The molecule has 6 heteroatoms. The Morgan fingerprint density at radius 3 is 2.94 bits per heavy atom. The molecule has 1 heterocycles. The third-order valence-electron chi connectivity index (χ3n) is 2.41. The van der Waals surface area contributed by atoms with Gasteiger partial charge in [-0.2, -0.15) is 0 Å². The summed E-state index contributed by atoms with van der Waals surface area (Å²) in [6.07, 6.45) is 1.60. The third-order valence-corrected chi connectivity index (χ3v) is 2.41. The highest BCUT2D eigenvalue weighted by Crippen LogP contribution is 2.27. The number of nitrogens with two attached hydrogens (primary N) is 1. The summed E-state index contributed by atoms with van der Waals surface area (Å²) in [5.74, 6) is 0.369. The molecule has 1 aromatic heterocycles. The van der Waals surface area contributed by atoms with Crippen LogP contribution in [0.2, 0.25) is 0 Å². The van der Waals surface area contributed by atoms with Crippen molar-refractivity contribution in [2.45, 2.75) is 13.0 Å². The van der Waals surface area contributed by atoms with Crippen molar-refractivity contribution < 1.29 is 9.66 Å². The van der Waals surface area contributed by atoms with E-state index in [1.54, 1.807) is 18.3 Å². The second kappa shape index (κ2) is 4.97. The van der Waals surface area contributed by atoms with Crippen LogP contribution in [0.1, 0.15) is 6.92 Å². The fourth-order valence-electron chi connectivity index (χ4n) is 1.57. The summed E-state index contributed by atoms with van der Waals surface area (Å²) in [5.41, 5.74) is 5.62. The number of fused-ring (bicyclic) bond motifs is 1. The van der Waals surface area contributed by atoms with Gasteiger partial charge >= 0.3 is 0 Å². The first-order valence-corrected chi connectivity index (χ1v) is 5.49. The SMILES string of the molecule is C[C@@H](N)COc1nccc2ccc([N+](=O)[O-])cc12. The molecule has 0 fully saturated rings. The predicted molar refractivity (Wildman–Crippen MR) is 67.5 cm³/mol. The highest BCUT2D eigenvalue weighted by Gasteiger charge is 2.10. The van der Waals surface area contributed by atoms with Crippen LogP contribution in [-0.4, -0.2) is 22.6 Å². The Morgan fingerprint density at radius 2 is 2.28 bits per heavy atom. The molecule has 1 aromatic carbocycles.